The molecule has 5 nitrogen and oxygen atoms in total. The van der Waals surface area contributed by atoms with Crippen molar-refractivity contribution in [1.29, 1.82) is 0 Å². The fraction of sp³-hybridized carbons (Fsp3) is 0.560. The summed E-state index contributed by atoms with van der Waals surface area (Å²) in [7, 11) is 0. The predicted molar refractivity (Wildman–Crippen MR) is 120 cm³/mol. The molecule has 5 heteroatoms. The van der Waals surface area contributed by atoms with Gasteiger partial charge in [-0.1, -0.05) is 13.0 Å². The van der Waals surface area contributed by atoms with Crippen molar-refractivity contribution in [2.45, 2.75) is 71.8 Å². The summed E-state index contributed by atoms with van der Waals surface area (Å²) in [5.41, 5.74) is 6.51. The van der Waals surface area contributed by atoms with Gasteiger partial charge in [-0.15, -0.1) is 0 Å². The Morgan fingerprint density at radius 2 is 2.13 bits per heavy atom. The summed E-state index contributed by atoms with van der Waals surface area (Å²) in [6.45, 7) is 7.49. The van der Waals surface area contributed by atoms with Crippen LogP contribution in [0.1, 0.15) is 74.3 Å². The lowest BCUT2D eigenvalue weighted by Gasteiger charge is -2.49. The van der Waals surface area contributed by atoms with E-state index in [0.29, 0.717) is 17.6 Å². The van der Waals surface area contributed by atoms with E-state index in [4.69, 9.17) is 5.10 Å². The molecule has 30 heavy (non-hydrogen) atoms. The minimum atomic E-state index is 0.176. The second-order valence-corrected chi connectivity index (χ2v) is 9.59. The van der Waals surface area contributed by atoms with Crippen molar-refractivity contribution in [1.82, 2.24) is 9.78 Å². The highest BCUT2D eigenvalue weighted by Crippen LogP contribution is 2.60. The number of phenols is 1. The highest BCUT2D eigenvalue weighted by atomic mass is 16.3. The van der Waals surface area contributed by atoms with Gasteiger partial charge < -0.3 is 5.11 Å². The minimum absolute atomic E-state index is 0.176. The molecule has 0 radical (unpaired) electrons. The van der Waals surface area contributed by atoms with Crippen molar-refractivity contribution in [3.8, 4) is 5.75 Å². The third kappa shape index (κ3) is 3.01. The molecular weight excluding hydrogens is 372 g/mol. The molecule has 0 spiro atoms. The largest absolute Gasteiger partial charge is 0.508 e. The molecule has 1 aromatic heterocycles. The topological polar surface area (TPSA) is 62.8 Å². The van der Waals surface area contributed by atoms with E-state index in [1.165, 1.54) is 42.5 Å². The molecule has 2 saturated carbocycles. The minimum Gasteiger partial charge on any atom is -0.508 e. The highest BCUT2D eigenvalue weighted by Gasteiger charge is 2.53. The first kappa shape index (κ1) is 19.5. The normalized spacial score (nSPS) is 31.7. The molecule has 2 fully saturated rings. The Balaban J connectivity index is 1.37. The molecule has 0 bridgehead atoms. The molecule has 0 amide bonds. The number of fused-ring (bicyclic) bond motifs is 5. The third-order valence-electron chi connectivity index (χ3n) is 8.27. The van der Waals surface area contributed by atoms with E-state index in [-0.39, 0.29) is 5.41 Å². The number of aryl methyl sites for hydroxylation is 2. The molecule has 5 rings (SSSR count). The van der Waals surface area contributed by atoms with Crippen molar-refractivity contribution in [3.63, 3.8) is 0 Å². The molecule has 0 aliphatic heterocycles. The highest BCUT2D eigenvalue weighted by molar-refractivity contribution is 5.93. The van der Waals surface area contributed by atoms with Gasteiger partial charge in [-0.05, 0) is 93.4 Å². The van der Waals surface area contributed by atoms with E-state index in [9.17, 15) is 5.11 Å². The Hall–Kier alpha value is -2.43. The van der Waals surface area contributed by atoms with Crippen molar-refractivity contribution >= 4 is 11.9 Å². The van der Waals surface area contributed by atoms with Crippen LogP contribution in [0, 0.1) is 24.2 Å². The summed E-state index contributed by atoms with van der Waals surface area (Å²) in [6, 6.07) is 6.03. The molecule has 0 unspecified atom stereocenters. The van der Waals surface area contributed by atoms with Crippen LogP contribution >= 0.6 is 0 Å². The van der Waals surface area contributed by atoms with Crippen LogP contribution < -0.4 is 0 Å². The maximum atomic E-state index is 9.87. The van der Waals surface area contributed by atoms with Gasteiger partial charge in [0.15, 0.2) is 0 Å². The number of hydrogen-bond donors (Lipinski definition) is 1. The maximum Gasteiger partial charge on any atom is 0.115 e. The van der Waals surface area contributed by atoms with Crippen LogP contribution in [-0.2, 0) is 13.0 Å². The Bertz CT molecular complexity index is 1020. The molecule has 1 aromatic carbocycles. The van der Waals surface area contributed by atoms with Gasteiger partial charge >= 0.3 is 0 Å². The monoisotopic (exact) mass is 404 g/mol. The summed E-state index contributed by atoms with van der Waals surface area (Å²) in [5.74, 6) is 2.46. The molecule has 3 aliphatic rings. The molecule has 1 heterocycles. The fourth-order valence-electron chi connectivity index (χ4n) is 6.59. The lowest BCUT2D eigenvalue weighted by atomic mass is 9.55. The molecule has 3 aliphatic carbocycles. The molecule has 0 saturated heterocycles. The molecule has 1 N–H and O–H groups in total. The number of aromatic hydroxyl groups is 1. The summed E-state index contributed by atoms with van der Waals surface area (Å²) in [6.07, 6.45) is 10.7. The third-order valence-corrected chi connectivity index (χ3v) is 8.27. The first-order valence-corrected chi connectivity index (χ1v) is 11.5. The number of hydrogen-bond acceptors (Lipinski definition) is 4. The van der Waals surface area contributed by atoms with Crippen LogP contribution in [0.4, 0.5) is 0 Å². The number of aromatic nitrogens is 2. The number of nitrogens with zero attached hydrogens (tertiary/aromatic N) is 4. The van der Waals surface area contributed by atoms with Crippen LogP contribution in [0.2, 0.25) is 0 Å². The molecule has 4 atom stereocenters. The average molecular weight is 405 g/mol. The zero-order valence-electron chi connectivity index (χ0n) is 18.3. The zero-order valence-corrected chi connectivity index (χ0v) is 18.3. The van der Waals surface area contributed by atoms with E-state index < -0.39 is 0 Å². The van der Waals surface area contributed by atoms with Crippen LogP contribution in [0.5, 0.6) is 5.75 Å². The Morgan fingerprint density at radius 3 is 2.93 bits per heavy atom. The summed E-state index contributed by atoms with van der Waals surface area (Å²) in [4.78, 5) is 0. The molecule has 158 valence electrons. The van der Waals surface area contributed by atoms with E-state index in [2.05, 4.69) is 37.0 Å². The number of benzene rings is 1. The van der Waals surface area contributed by atoms with Crippen molar-refractivity contribution in [2.24, 2.45) is 27.5 Å². The van der Waals surface area contributed by atoms with E-state index in [1.54, 1.807) is 0 Å². The van der Waals surface area contributed by atoms with Gasteiger partial charge in [-0.2, -0.15) is 15.3 Å². The Labute approximate surface area is 178 Å². The van der Waals surface area contributed by atoms with Gasteiger partial charge in [0.25, 0.3) is 0 Å². The van der Waals surface area contributed by atoms with Crippen LogP contribution in [0.25, 0.3) is 0 Å². The van der Waals surface area contributed by atoms with Gasteiger partial charge in [-0.3, -0.25) is 4.68 Å². The van der Waals surface area contributed by atoms with E-state index in [0.717, 1.165) is 36.6 Å². The van der Waals surface area contributed by atoms with Gasteiger partial charge in [0.2, 0.25) is 0 Å². The first-order valence-electron chi connectivity index (χ1n) is 11.5. The van der Waals surface area contributed by atoms with Crippen LogP contribution in [0.3, 0.4) is 0 Å². The van der Waals surface area contributed by atoms with Crippen molar-refractivity contribution < 1.29 is 5.11 Å². The van der Waals surface area contributed by atoms with Crippen LogP contribution in [0.15, 0.2) is 34.6 Å². The van der Waals surface area contributed by atoms with Gasteiger partial charge in [0, 0.05) is 28.9 Å². The first-order chi connectivity index (χ1) is 14.5. The van der Waals surface area contributed by atoms with E-state index in [1.807, 2.05) is 29.2 Å². The average Bonchev–Trinajstić information content (AvgIpc) is 3.27. The summed E-state index contributed by atoms with van der Waals surface area (Å²) in [5, 5.41) is 23.5. The Morgan fingerprint density at radius 1 is 1.27 bits per heavy atom. The maximum absolute atomic E-state index is 9.87. The van der Waals surface area contributed by atoms with E-state index >= 15 is 0 Å². The quantitative estimate of drug-likeness (QED) is 0.561. The molecular formula is C25H32N4O. The van der Waals surface area contributed by atoms with Gasteiger partial charge in [0.1, 0.15) is 5.75 Å². The molecule has 2 aromatic rings. The lowest BCUT2D eigenvalue weighted by molar-refractivity contribution is 0.0955. The second kappa shape index (κ2) is 7.36. The Kier molecular flexibility index (Phi) is 4.79. The van der Waals surface area contributed by atoms with Crippen LogP contribution in [-0.4, -0.2) is 26.8 Å². The SMILES string of the molecule is CCn1ncc(/C=N\N=C2\CC[C@H]3[C@H]4CCc5cc(O)ccc5[C@@H]4CC[C@@]23C)c1C. The standard InChI is InChI=1S/C25H32N4O/c1-4-29-16(2)18(15-27-29)14-26-28-24-10-9-23-22-7-5-17-13-19(30)6-8-20(17)21(22)11-12-25(23,24)3/h6,8,13-15,21-23,30H,4-5,7,9-12H2,1-3H3/b26-14-,28-24-/t21-,22-,23-,25+/m0/s1. The number of phenolic OH excluding ortho intramolecular Hbond substituents is 1. The van der Waals surface area contributed by atoms with Crippen molar-refractivity contribution in [2.75, 3.05) is 0 Å². The lowest BCUT2D eigenvalue weighted by Crippen LogP contribution is -2.42. The predicted octanol–water partition coefficient (Wildman–Crippen LogP) is 5.25. The smallest absolute Gasteiger partial charge is 0.115 e. The summed E-state index contributed by atoms with van der Waals surface area (Å²) >= 11 is 0. The summed E-state index contributed by atoms with van der Waals surface area (Å²) < 4.78 is 1.99. The number of rotatable bonds is 3. The second-order valence-electron chi connectivity index (χ2n) is 9.59. The van der Waals surface area contributed by atoms with Gasteiger partial charge in [0.05, 0.1) is 12.4 Å². The van der Waals surface area contributed by atoms with Crippen molar-refractivity contribution in [3.05, 3.63) is 46.8 Å². The zero-order chi connectivity index (χ0) is 20.9. The van der Waals surface area contributed by atoms with Gasteiger partial charge in [-0.25, -0.2) is 0 Å². The fourth-order valence-corrected chi connectivity index (χ4v) is 6.59.